The fourth-order valence-electron chi connectivity index (χ4n) is 11.8. The minimum absolute atomic E-state index is 0.0958. The predicted octanol–water partition coefficient (Wildman–Crippen LogP) is 1.71. The van der Waals surface area contributed by atoms with Crippen LogP contribution in [0.25, 0.3) is 0 Å². The van der Waals surface area contributed by atoms with Gasteiger partial charge in [0.2, 0.25) is 0 Å². The van der Waals surface area contributed by atoms with Crippen LogP contribution in [0.15, 0.2) is 0 Å². The van der Waals surface area contributed by atoms with Crippen LogP contribution in [0.2, 0.25) is 0 Å². The molecule has 0 radical (unpaired) electrons. The number of ether oxygens (including phenoxy) is 2. The predicted molar refractivity (Wildman–Crippen MR) is 153 cm³/mol. The molecule has 238 valence electrons. The van der Waals surface area contributed by atoms with Crippen LogP contribution in [0.1, 0.15) is 78.6 Å². The Bertz CT molecular complexity index is 1040. The van der Waals surface area contributed by atoms with E-state index in [-0.39, 0.29) is 23.5 Å². The normalized spacial score (nSPS) is 57.9. The van der Waals surface area contributed by atoms with E-state index in [1.54, 1.807) is 0 Å². The second-order valence-electron chi connectivity index (χ2n) is 16.0. The molecule has 5 N–H and O–H groups in total. The van der Waals surface area contributed by atoms with E-state index < -0.39 is 42.9 Å². The number of carbonyl (C=O) groups is 1. The van der Waals surface area contributed by atoms with Gasteiger partial charge in [-0.25, -0.2) is 0 Å². The zero-order valence-corrected chi connectivity index (χ0v) is 25.6. The number of ketones is 1. The van der Waals surface area contributed by atoms with E-state index in [0.717, 1.165) is 51.6 Å². The molecule has 7 rings (SSSR count). The van der Waals surface area contributed by atoms with Gasteiger partial charge in [0.25, 0.3) is 0 Å². The molecule has 7 fully saturated rings. The maximum atomic E-state index is 13.9. The molecule has 3 saturated heterocycles. The lowest BCUT2D eigenvalue weighted by atomic mass is 9.51. The molecule has 3 heterocycles. The summed E-state index contributed by atoms with van der Waals surface area (Å²) < 4.78 is 11.8. The third-order valence-electron chi connectivity index (χ3n) is 14.0. The molecule has 0 amide bonds. The molecular formula is C33H53NO8. The molecule has 4 aliphatic carbocycles. The van der Waals surface area contributed by atoms with Gasteiger partial charge in [-0.3, -0.25) is 9.69 Å². The molecule has 42 heavy (non-hydrogen) atoms. The third-order valence-corrected chi connectivity index (χ3v) is 14.0. The first kappa shape index (κ1) is 30.0. The first-order valence-corrected chi connectivity index (χ1v) is 16.9. The highest BCUT2D eigenvalue weighted by Gasteiger charge is 2.64. The van der Waals surface area contributed by atoms with Crippen LogP contribution in [0, 0.1) is 52.8 Å². The number of carbonyl (C=O) groups excluding carboxylic acids is 1. The van der Waals surface area contributed by atoms with E-state index in [9.17, 15) is 30.3 Å². The van der Waals surface area contributed by atoms with Crippen molar-refractivity contribution >= 4 is 5.78 Å². The van der Waals surface area contributed by atoms with E-state index in [1.165, 1.54) is 6.42 Å². The largest absolute Gasteiger partial charge is 0.394 e. The lowest BCUT2D eigenvalue weighted by molar-refractivity contribution is -0.315. The zero-order chi connectivity index (χ0) is 29.7. The Balaban J connectivity index is 1.07. The maximum absolute atomic E-state index is 13.9. The average molecular weight is 592 g/mol. The Morgan fingerprint density at radius 1 is 0.905 bits per heavy atom. The van der Waals surface area contributed by atoms with E-state index in [4.69, 9.17) is 9.47 Å². The molecule has 9 nitrogen and oxygen atoms in total. The van der Waals surface area contributed by atoms with Crippen molar-refractivity contribution in [1.29, 1.82) is 0 Å². The van der Waals surface area contributed by atoms with Gasteiger partial charge in [-0.2, -0.15) is 0 Å². The summed E-state index contributed by atoms with van der Waals surface area (Å²) in [5.74, 6) is 3.79. The number of nitrogens with zero attached hydrogens (tertiary/aromatic N) is 1. The standard InChI is InChI=1S/C33H53NO8/c1-16-4-7-27-33(3,40)22-6-5-18-19(21(22)14-34(27)13-16)11-23-20(18)12-25(36)24-10-17(8-9-32(23,24)2)41-31-30(39)29(38)28(37)26(15-35)42-31/h16-24,26-31,35,37-40H,4-15H2,1-3H3/t16-,17-,18+,19+,20-,21-,22-,23-,24+,26+,27+,28+,29-,30+,31+,32+,33+/m0/s1. The van der Waals surface area contributed by atoms with E-state index >= 15 is 0 Å². The first-order valence-electron chi connectivity index (χ1n) is 16.9. The second-order valence-corrected chi connectivity index (χ2v) is 16.0. The van der Waals surface area contributed by atoms with Crippen molar-refractivity contribution in [3.05, 3.63) is 0 Å². The maximum Gasteiger partial charge on any atom is 0.186 e. The molecule has 9 heteroatoms. The van der Waals surface area contributed by atoms with Gasteiger partial charge >= 0.3 is 0 Å². The monoisotopic (exact) mass is 591 g/mol. The van der Waals surface area contributed by atoms with Crippen molar-refractivity contribution in [1.82, 2.24) is 4.90 Å². The summed E-state index contributed by atoms with van der Waals surface area (Å²) in [6.45, 7) is 8.49. The molecule has 7 aliphatic rings. The van der Waals surface area contributed by atoms with Gasteiger partial charge in [0, 0.05) is 31.5 Å². The molecule has 0 aromatic carbocycles. The Hall–Kier alpha value is -0.650. The highest BCUT2D eigenvalue weighted by atomic mass is 16.7. The fraction of sp³-hybridized carbons (Fsp3) is 0.970. The van der Waals surface area contributed by atoms with Crippen molar-refractivity contribution in [3.63, 3.8) is 0 Å². The number of rotatable bonds is 3. The van der Waals surface area contributed by atoms with Crippen LogP contribution in [0.5, 0.6) is 0 Å². The number of Topliss-reactive ketones (excluding diaryl/α,β-unsaturated/α-hetero) is 1. The van der Waals surface area contributed by atoms with Gasteiger partial charge in [0.1, 0.15) is 30.2 Å². The number of hydrogen-bond acceptors (Lipinski definition) is 9. The Kier molecular flexibility index (Phi) is 7.66. The van der Waals surface area contributed by atoms with Crippen molar-refractivity contribution in [3.8, 4) is 0 Å². The lowest BCUT2D eigenvalue weighted by Gasteiger charge is -2.59. The summed E-state index contributed by atoms with van der Waals surface area (Å²) in [5.41, 5.74) is -0.745. The van der Waals surface area contributed by atoms with E-state index in [1.807, 2.05) is 0 Å². The van der Waals surface area contributed by atoms with Crippen LogP contribution < -0.4 is 0 Å². The summed E-state index contributed by atoms with van der Waals surface area (Å²) in [5, 5.41) is 52.4. The Morgan fingerprint density at radius 2 is 1.69 bits per heavy atom. The average Bonchev–Trinajstić information content (AvgIpc) is 3.33. The van der Waals surface area contributed by atoms with Crippen LogP contribution in [-0.4, -0.2) is 104 Å². The van der Waals surface area contributed by atoms with Gasteiger partial charge in [-0.1, -0.05) is 13.8 Å². The van der Waals surface area contributed by atoms with Crippen molar-refractivity contribution < 1.29 is 39.8 Å². The topological polar surface area (TPSA) is 140 Å². The molecule has 0 aromatic rings. The van der Waals surface area contributed by atoms with Crippen molar-refractivity contribution in [2.75, 3.05) is 19.7 Å². The first-order chi connectivity index (χ1) is 19.9. The van der Waals surface area contributed by atoms with E-state index in [2.05, 4.69) is 25.7 Å². The summed E-state index contributed by atoms with van der Waals surface area (Å²) >= 11 is 0. The molecule has 0 aromatic heterocycles. The van der Waals surface area contributed by atoms with E-state index in [0.29, 0.717) is 60.1 Å². The minimum Gasteiger partial charge on any atom is -0.394 e. The smallest absolute Gasteiger partial charge is 0.186 e. The van der Waals surface area contributed by atoms with Gasteiger partial charge in [0.05, 0.1) is 18.3 Å². The quantitative estimate of drug-likeness (QED) is 0.310. The highest BCUT2D eigenvalue weighted by molar-refractivity contribution is 5.83. The van der Waals surface area contributed by atoms with Crippen LogP contribution >= 0.6 is 0 Å². The Morgan fingerprint density at radius 3 is 2.45 bits per heavy atom. The second kappa shape index (κ2) is 10.7. The minimum atomic E-state index is -1.47. The fourth-order valence-corrected chi connectivity index (χ4v) is 11.8. The molecule has 0 bridgehead atoms. The molecule has 0 unspecified atom stereocenters. The van der Waals surface area contributed by atoms with Crippen LogP contribution in [0.4, 0.5) is 0 Å². The van der Waals surface area contributed by atoms with Gasteiger partial charge in [-0.15, -0.1) is 0 Å². The lowest BCUT2D eigenvalue weighted by Crippen LogP contribution is -2.67. The number of piperidine rings is 2. The Labute approximate surface area is 249 Å². The number of aliphatic hydroxyl groups is 5. The molecule has 0 spiro atoms. The molecule has 3 aliphatic heterocycles. The zero-order valence-electron chi connectivity index (χ0n) is 25.6. The third kappa shape index (κ3) is 4.50. The summed E-state index contributed by atoms with van der Waals surface area (Å²) in [6.07, 6.45) is 1.67. The van der Waals surface area contributed by atoms with Crippen molar-refractivity contribution in [2.45, 2.75) is 127 Å². The van der Waals surface area contributed by atoms with Gasteiger partial charge in [-0.05, 0) is 105 Å². The number of fused-ring (bicyclic) bond motifs is 8. The summed E-state index contributed by atoms with van der Waals surface area (Å²) in [6, 6.07) is 0.276. The molecule has 17 atom stereocenters. The summed E-state index contributed by atoms with van der Waals surface area (Å²) in [4.78, 5) is 16.5. The summed E-state index contributed by atoms with van der Waals surface area (Å²) in [7, 11) is 0. The van der Waals surface area contributed by atoms with Crippen LogP contribution in [-0.2, 0) is 14.3 Å². The highest BCUT2D eigenvalue weighted by Crippen LogP contribution is 2.66. The molecular weight excluding hydrogens is 538 g/mol. The number of aliphatic hydroxyl groups excluding tert-OH is 4. The van der Waals surface area contributed by atoms with Gasteiger partial charge < -0.3 is 35.0 Å². The SMILES string of the molecule is C[C@H]1CC[C@H]2N(C1)C[C@H]1[C@@H]3C[C@H]4[C@@H](CC(=O)[C@H]5C[C@@H](O[C@@H]6O[C@H](CO)[C@@H](O)[C@H](O)[C@H]6O)CC[C@@]54C)[C@@H]3CC[C@@H]1[C@@]2(C)O. The van der Waals surface area contributed by atoms with Gasteiger partial charge in [0.15, 0.2) is 6.29 Å². The van der Waals surface area contributed by atoms with Crippen LogP contribution in [0.3, 0.4) is 0 Å². The van der Waals surface area contributed by atoms with Crippen molar-refractivity contribution in [2.24, 2.45) is 52.8 Å². The number of hydrogen-bond donors (Lipinski definition) is 5. The molecule has 4 saturated carbocycles.